The van der Waals surface area contributed by atoms with Crippen molar-refractivity contribution in [2.24, 2.45) is 5.92 Å². The van der Waals surface area contributed by atoms with Gasteiger partial charge in [0.2, 0.25) is 0 Å². The summed E-state index contributed by atoms with van der Waals surface area (Å²) in [4.78, 5) is 23.8. The quantitative estimate of drug-likeness (QED) is 0.505. The van der Waals surface area contributed by atoms with Crippen molar-refractivity contribution in [2.75, 3.05) is 30.3 Å². The molecule has 35 heavy (non-hydrogen) atoms. The Morgan fingerprint density at radius 1 is 1.11 bits per heavy atom. The topological polar surface area (TPSA) is 128 Å². The number of hydrogen-bond donors (Lipinski definition) is 2. The van der Waals surface area contributed by atoms with Crippen LogP contribution in [0.5, 0.6) is 5.75 Å². The molecule has 2 aromatic heterocycles. The number of sulfonamides is 1. The summed E-state index contributed by atoms with van der Waals surface area (Å²) >= 11 is 0. The number of anilines is 2. The Bertz CT molecular complexity index is 1310. The third kappa shape index (κ3) is 5.71. The molecule has 1 aliphatic rings. The van der Waals surface area contributed by atoms with Crippen LogP contribution in [-0.4, -0.2) is 44.0 Å². The Balaban J connectivity index is 0.00000361. The van der Waals surface area contributed by atoms with Gasteiger partial charge in [-0.3, -0.25) is 4.79 Å². The van der Waals surface area contributed by atoms with E-state index in [2.05, 4.69) is 16.6 Å². The average Bonchev–Trinajstić information content (AvgIpc) is 2.84. The van der Waals surface area contributed by atoms with Crippen LogP contribution in [0, 0.1) is 5.92 Å². The third-order valence-corrected chi connectivity index (χ3v) is 7.14. The summed E-state index contributed by atoms with van der Waals surface area (Å²) in [5, 5.41) is -0.321. The van der Waals surface area contributed by atoms with Crippen molar-refractivity contribution in [1.29, 1.82) is 0 Å². The van der Waals surface area contributed by atoms with Crippen LogP contribution in [0.2, 0.25) is 0 Å². The number of nitrogen functional groups attached to an aromatic ring is 1. The molecule has 0 aliphatic carbocycles. The smallest absolute Gasteiger partial charge is 0.281 e. The van der Waals surface area contributed by atoms with E-state index in [1.165, 1.54) is 18.2 Å². The van der Waals surface area contributed by atoms with Crippen molar-refractivity contribution in [1.82, 2.24) is 14.7 Å². The number of nitrogens with one attached hydrogen (secondary N) is 1. The summed E-state index contributed by atoms with van der Waals surface area (Å²) in [7, 11) is -4.21. The summed E-state index contributed by atoms with van der Waals surface area (Å²) in [5.41, 5.74) is 7.34. The molecule has 0 bridgehead atoms. The van der Waals surface area contributed by atoms with Crippen LogP contribution in [-0.2, 0) is 10.0 Å². The molecule has 10 heteroatoms. The lowest BCUT2D eigenvalue weighted by Gasteiger charge is -2.32. The van der Waals surface area contributed by atoms with Crippen LogP contribution in [0.1, 0.15) is 38.5 Å². The number of benzene rings is 1. The number of ether oxygens (including phenoxy) is 1. The minimum Gasteiger partial charge on any atom is -0.494 e. The van der Waals surface area contributed by atoms with E-state index < -0.39 is 15.9 Å². The van der Waals surface area contributed by atoms with Crippen molar-refractivity contribution in [3.63, 3.8) is 0 Å². The number of nitrogens with zero attached hydrogens (tertiary/aromatic N) is 3. The van der Waals surface area contributed by atoms with Gasteiger partial charge in [0.1, 0.15) is 17.4 Å². The zero-order valence-corrected chi connectivity index (χ0v) is 20.6. The normalized spacial score (nSPS) is 14.5. The zero-order chi connectivity index (χ0) is 25.0. The Kier molecular flexibility index (Phi) is 7.20. The minimum absolute atomic E-state index is 0. The number of piperidine rings is 1. The highest BCUT2D eigenvalue weighted by atomic mass is 32.2. The number of carbonyl (C=O) groups is 1. The first-order valence-electron chi connectivity index (χ1n) is 11.6. The molecule has 1 amide bonds. The molecule has 3 heterocycles. The van der Waals surface area contributed by atoms with Crippen molar-refractivity contribution in [3.8, 4) is 17.0 Å². The van der Waals surface area contributed by atoms with Crippen molar-refractivity contribution in [2.45, 2.75) is 31.7 Å². The predicted molar refractivity (Wildman–Crippen MR) is 137 cm³/mol. The molecule has 0 spiro atoms. The highest BCUT2D eigenvalue weighted by molar-refractivity contribution is 7.90. The predicted octanol–water partition coefficient (Wildman–Crippen LogP) is 3.73. The van der Waals surface area contributed by atoms with Gasteiger partial charge in [-0.1, -0.05) is 13.0 Å². The van der Waals surface area contributed by atoms with E-state index in [0.29, 0.717) is 24.0 Å². The number of nitrogens with two attached hydrogens (primary N) is 1. The Labute approximate surface area is 206 Å². The molecule has 0 atom stereocenters. The van der Waals surface area contributed by atoms with E-state index in [0.717, 1.165) is 37.2 Å². The molecule has 0 radical (unpaired) electrons. The first kappa shape index (κ1) is 24.5. The van der Waals surface area contributed by atoms with Gasteiger partial charge < -0.3 is 15.4 Å². The largest absolute Gasteiger partial charge is 0.494 e. The van der Waals surface area contributed by atoms with Crippen LogP contribution < -0.4 is 20.1 Å². The maximum atomic E-state index is 13.2. The molecule has 3 aromatic rings. The van der Waals surface area contributed by atoms with Gasteiger partial charge in [0.15, 0.2) is 5.03 Å². The minimum atomic E-state index is -4.21. The molecule has 9 nitrogen and oxygen atoms in total. The number of amides is 1. The molecule has 1 aliphatic heterocycles. The summed E-state index contributed by atoms with van der Waals surface area (Å²) in [6.07, 6.45) is 1.92. The first-order chi connectivity index (χ1) is 16.8. The van der Waals surface area contributed by atoms with Crippen LogP contribution in [0.4, 0.5) is 11.6 Å². The molecule has 0 unspecified atom stereocenters. The van der Waals surface area contributed by atoms with Gasteiger partial charge >= 0.3 is 0 Å². The van der Waals surface area contributed by atoms with Gasteiger partial charge in [-0.2, -0.15) is 8.42 Å². The first-order valence-corrected chi connectivity index (χ1v) is 13.0. The SMILES string of the molecule is CCOc1ccc(-c2ccc(C(=O)NS(=O)(=O)c3cccc(N)n3)c(N3CCC(C)CC3)n2)cc1.[HH]. The van der Waals surface area contributed by atoms with Gasteiger partial charge in [-0.15, -0.1) is 0 Å². The van der Waals surface area contributed by atoms with Crippen molar-refractivity contribution >= 4 is 27.6 Å². The fourth-order valence-corrected chi connectivity index (χ4v) is 4.89. The van der Waals surface area contributed by atoms with Gasteiger partial charge in [0.25, 0.3) is 15.9 Å². The Hall–Kier alpha value is -3.66. The summed E-state index contributed by atoms with van der Waals surface area (Å²) in [6, 6.07) is 15.1. The molecule has 4 rings (SSSR count). The number of carbonyl (C=O) groups excluding carboxylic acids is 1. The zero-order valence-electron chi connectivity index (χ0n) is 19.8. The Morgan fingerprint density at radius 2 is 1.83 bits per heavy atom. The van der Waals surface area contributed by atoms with E-state index in [9.17, 15) is 13.2 Å². The van der Waals surface area contributed by atoms with Crippen LogP contribution >= 0.6 is 0 Å². The second-order valence-corrected chi connectivity index (χ2v) is 10.2. The van der Waals surface area contributed by atoms with Gasteiger partial charge in [0, 0.05) is 20.1 Å². The molecular formula is C25H31N5O4S. The van der Waals surface area contributed by atoms with E-state index in [4.69, 9.17) is 15.5 Å². The molecule has 1 fully saturated rings. The molecule has 1 saturated heterocycles. The van der Waals surface area contributed by atoms with Crippen LogP contribution in [0.25, 0.3) is 11.3 Å². The van der Waals surface area contributed by atoms with E-state index >= 15 is 0 Å². The van der Waals surface area contributed by atoms with Gasteiger partial charge in [-0.05, 0) is 74.2 Å². The van der Waals surface area contributed by atoms with Crippen molar-refractivity contribution in [3.05, 3.63) is 60.2 Å². The lowest BCUT2D eigenvalue weighted by Crippen LogP contribution is -2.37. The number of rotatable bonds is 7. The van der Waals surface area contributed by atoms with Crippen molar-refractivity contribution < 1.29 is 19.4 Å². The molecule has 3 N–H and O–H groups in total. The highest BCUT2D eigenvalue weighted by Gasteiger charge is 2.27. The lowest BCUT2D eigenvalue weighted by molar-refractivity contribution is 0.0981. The highest BCUT2D eigenvalue weighted by Crippen LogP contribution is 2.29. The number of hydrogen-bond acceptors (Lipinski definition) is 8. The fraction of sp³-hybridized carbons (Fsp3) is 0.320. The fourth-order valence-electron chi connectivity index (χ4n) is 3.95. The Morgan fingerprint density at radius 3 is 2.49 bits per heavy atom. The third-order valence-electron chi connectivity index (χ3n) is 5.91. The summed E-state index contributed by atoms with van der Waals surface area (Å²) in [5.74, 6) is 1.07. The maximum Gasteiger partial charge on any atom is 0.281 e. The van der Waals surface area contributed by atoms with Crippen LogP contribution in [0.15, 0.2) is 59.6 Å². The monoisotopic (exact) mass is 497 g/mol. The number of aromatic nitrogens is 2. The van der Waals surface area contributed by atoms with E-state index in [-0.39, 0.29) is 17.8 Å². The molecule has 0 saturated carbocycles. The molecule has 1 aromatic carbocycles. The summed E-state index contributed by atoms with van der Waals surface area (Å²) in [6.45, 7) is 6.15. The second kappa shape index (κ2) is 10.3. The van der Waals surface area contributed by atoms with Gasteiger partial charge in [-0.25, -0.2) is 14.7 Å². The van der Waals surface area contributed by atoms with Gasteiger partial charge in [0.05, 0.1) is 17.9 Å². The van der Waals surface area contributed by atoms with E-state index in [1.807, 2.05) is 36.1 Å². The standard InChI is InChI=1S/C25H29N5O4S.H2/c1-3-34-19-9-7-18(8-10-19)21-12-11-20(24(27-21)30-15-13-17(2)14-16-30)25(31)29-35(32,33)23-6-4-5-22(26)28-23;/h4-12,17H,3,13-16H2,1-2H3,(H2,26,28)(H,29,31);1H. The van der Waals surface area contributed by atoms with E-state index in [1.54, 1.807) is 12.1 Å². The summed E-state index contributed by atoms with van der Waals surface area (Å²) < 4.78 is 33.2. The van der Waals surface area contributed by atoms with Crippen LogP contribution in [0.3, 0.4) is 0 Å². The molecular weight excluding hydrogens is 466 g/mol. The molecule has 186 valence electrons. The average molecular weight is 498 g/mol. The maximum absolute atomic E-state index is 13.2. The second-order valence-electron chi connectivity index (χ2n) is 8.53. The number of pyridine rings is 2. The lowest BCUT2D eigenvalue weighted by atomic mass is 9.98.